The highest BCUT2D eigenvalue weighted by molar-refractivity contribution is 5.98. The van der Waals surface area contributed by atoms with Gasteiger partial charge in [0.15, 0.2) is 5.78 Å². The second-order valence-corrected chi connectivity index (χ2v) is 6.15. The van der Waals surface area contributed by atoms with E-state index in [0.29, 0.717) is 19.2 Å². The van der Waals surface area contributed by atoms with Gasteiger partial charge in [0.1, 0.15) is 11.6 Å². The Morgan fingerprint density at radius 1 is 1.33 bits per heavy atom. The van der Waals surface area contributed by atoms with Crippen LogP contribution in [0.15, 0.2) is 18.2 Å². The lowest BCUT2D eigenvalue weighted by Gasteiger charge is -2.34. The Bertz CT molecular complexity index is 596. The average molecular weight is 361 g/mol. The van der Waals surface area contributed by atoms with Gasteiger partial charge in [-0.15, -0.1) is 12.4 Å². The summed E-state index contributed by atoms with van der Waals surface area (Å²) in [6.45, 7) is 3.20. The van der Waals surface area contributed by atoms with E-state index in [1.165, 1.54) is 0 Å². The first-order valence-corrected chi connectivity index (χ1v) is 7.90. The van der Waals surface area contributed by atoms with Gasteiger partial charge in [0.25, 0.3) is 0 Å². The van der Waals surface area contributed by atoms with E-state index in [1.807, 2.05) is 6.92 Å². The van der Waals surface area contributed by atoms with Crippen LogP contribution in [0.3, 0.4) is 0 Å². The molecule has 1 aromatic carbocycles. The van der Waals surface area contributed by atoms with Crippen molar-refractivity contribution in [2.75, 3.05) is 13.1 Å². The van der Waals surface area contributed by atoms with Gasteiger partial charge in [-0.05, 0) is 37.8 Å². The summed E-state index contributed by atoms with van der Waals surface area (Å²) in [6, 6.07) is 2.86. The fourth-order valence-corrected chi connectivity index (χ4v) is 2.89. The summed E-state index contributed by atoms with van der Waals surface area (Å²) in [4.78, 5) is 25.9. The highest BCUT2D eigenvalue weighted by Crippen LogP contribution is 2.20. The van der Waals surface area contributed by atoms with Crippen molar-refractivity contribution in [3.8, 4) is 0 Å². The molecule has 7 heteroatoms. The minimum absolute atomic E-state index is 0. The van der Waals surface area contributed by atoms with E-state index in [9.17, 15) is 18.4 Å². The summed E-state index contributed by atoms with van der Waals surface area (Å²) in [7, 11) is 0. The zero-order chi connectivity index (χ0) is 17.0. The highest BCUT2D eigenvalue weighted by atomic mass is 35.5. The standard InChI is InChI=1S/C17H22F2N2O2.ClH/c1-11(20)12-3-2-8-21(10-12)17(23)7-6-16(22)14-5-4-13(18)9-15(14)19;/h4-5,9,11-12H,2-3,6-8,10,20H2,1H3;1H. The van der Waals surface area contributed by atoms with E-state index < -0.39 is 17.4 Å². The third-order valence-electron chi connectivity index (χ3n) is 4.35. The summed E-state index contributed by atoms with van der Waals surface area (Å²) in [5.41, 5.74) is 5.72. The number of ketones is 1. The molecule has 1 heterocycles. The average Bonchev–Trinajstić information content (AvgIpc) is 2.52. The molecule has 1 saturated heterocycles. The molecule has 2 atom stereocenters. The molecule has 2 N–H and O–H groups in total. The van der Waals surface area contributed by atoms with Crippen LogP contribution in [0.2, 0.25) is 0 Å². The minimum atomic E-state index is -0.891. The largest absolute Gasteiger partial charge is 0.342 e. The summed E-state index contributed by atoms with van der Waals surface area (Å²) in [5.74, 6) is -1.96. The van der Waals surface area contributed by atoms with Crippen LogP contribution < -0.4 is 5.73 Å². The molecule has 24 heavy (non-hydrogen) atoms. The molecule has 0 aromatic heterocycles. The van der Waals surface area contributed by atoms with Crippen LogP contribution in [-0.2, 0) is 4.79 Å². The van der Waals surface area contributed by atoms with Crippen molar-refractivity contribution >= 4 is 24.1 Å². The molecule has 0 aliphatic carbocycles. The molecule has 1 amide bonds. The zero-order valence-electron chi connectivity index (χ0n) is 13.6. The summed E-state index contributed by atoms with van der Waals surface area (Å²) in [6.07, 6.45) is 1.85. The number of likely N-dealkylation sites (tertiary alicyclic amines) is 1. The second-order valence-electron chi connectivity index (χ2n) is 6.15. The van der Waals surface area contributed by atoms with Crippen LogP contribution in [0.25, 0.3) is 0 Å². The summed E-state index contributed by atoms with van der Waals surface area (Å²) >= 11 is 0. The van der Waals surface area contributed by atoms with Crippen molar-refractivity contribution in [1.29, 1.82) is 0 Å². The van der Waals surface area contributed by atoms with Crippen LogP contribution in [0.5, 0.6) is 0 Å². The zero-order valence-corrected chi connectivity index (χ0v) is 14.5. The van der Waals surface area contributed by atoms with E-state index in [2.05, 4.69) is 0 Å². The summed E-state index contributed by atoms with van der Waals surface area (Å²) in [5, 5.41) is 0. The Morgan fingerprint density at radius 3 is 2.67 bits per heavy atom. The molecule has 0 spiro atoms. The van der Waals surface area contributed by atoms with Gasteiger partial charge in [-0.2, -0.15) is 0 Å². The molecule has 4 nitrogen and oxygen atoms in total. The molecule has 2 rings (SSSR count). The van der Waals surface area contributed by atoms with E-state index in [-0.39, 0.29) is 48.7 Å². The number of nitrogens with two attached hydrogens (primary N) is 1. The number of rotatable bonds is 5. The number of benzene rings is 1. The van der Waals surface area contributed by atoms with Gasteiger partial charge >= 0.3 is 0 Å². The third kappa shape index (κ3) is 5.24. The van der Waals surface area contributed by atoms with Crippen LogP contribution in [-0.4, -0.2) is 35.7 Å². The quantitative estimate of drug-likeness (QED) is 0.821. The molecular weight excluding hydrogens is 338 g/mol. The molecule has 1 fully saturated rings. The minimum Gasteiger partial charge on any atom is -0.342 e. The SMILES string of the molecule is CC(N)C1CCCN(C(=O)CCC(=O)c2ccc(F)cc2F)C1.Cl. The molecule has 0 bridgehead atoms. The van der Waals surface area contributed by atoms with Gasteiger partial charge in [0, 0.05) is 38.0 Å². The number of carbonyl (C=O) groups excluding carboxylic acids is 2. The van der Waals surface area contributed by atoms with E-state index in [1.54, 1.807) is 4.90 Å². The van der Waals surface area contributed by atoms with Gasteiger partial charge in [-0.3, -0.25) is 9.59 Å². The molecule has 1 aromatic rings. The Kier molecular flexibility index (Phi) is 7.76. The molecule has 1 aliphatic rings. The first kappa shape index (κ1) is 20.5. The smallest absolute Gasteiger partial charge is 0.223 e. The van der Waals surface area contributed by atoms with E-state index in [0.717, 1.165) is 25.0 Å². The fraction of sp³-hybridized carbons (Fsp3) is 0.529. The van der Waals surface area contributed by atoms with Crippen molar-refractivity contribution < 1.29 is 18.4 Å². The summed E-state index contributed by atoms with van der Waals surface area (Å²) < 4.78 is 26.4. The lowest BCUT2D eigenvalue weighted by atomic mass is 9.92. The monoisotopic (exact) mass is 360 g/mol. The van der Waals surface area contributed by atoms with Gasteiger partial charge in [-0.1, -0.05) is 0 Å². The van der Waals surface area contributed by atoms with Crippen molar-refractivity contribution in [3.63, 3.8) is 0 Å². The van der Waals surface area contributed by atoms with Crippen LogP contribution in [0.4, 0.5) is 8.78 Å². The predicted molar refractivity (Wildman–Crippen MR) is 90.1 cm³/mol. The number of piperidine rings is 1. The van der Waals surface area contributed by atoms with Crippen LogP contribution in [0, 0.1) is 17.6 Å². The van der Waals surface area contributed by atoms with Crippen molar-refractivity contribution in [1.82, 2.24) is 4.90 Å². The normalized spacial score (nSPS) is 18.7. The maximum atomic E-state index is 13.5. The van der Waals surface area contributed by atoms with Crippen molar-refractivity contribution in [3.05, 3.63) is 35.4 Å². The van der Waals surface area contributed by atoms with Crippen molar-refractivity contribution in [2.24, 2.45) is 11.7 Å². The number of halogens is 3. The van der Waals surface area contributed by atoms with Crippen LogP contribution >= 0.6 is 12.4 Å². The first-order valence-electron chi connectivity index (χ1n) is 7.90. The highest BCUT2D eigenvalue weighted by Gasteiger charge is 2.26. The Balaban J connectivity index is 0.00000288. The molecule has 1 aliphatic heterocycles. The van der Waals surface area contributed by atoms with E-state index >= 15 is 0 Å². The van der Waals surface area contributed by atoms with Gasteiger partial charge in [0.2, 0.25) is 5.91 Å². The van der Waals surface area contributed by atoms with Gasteiger partial charge in [0.05, 0.1) is 5.56 Å². The molecule has 134 valence electrons. The third-order valence-corrected chi connectivity index (χ3v) is 4.35. The first-order chi connectivity index (χ1) is 10.9. The number of nitrogens with zero attached hydrogens (tertiary/aromatic N) is 1. The molecule has 0 saturated carbocycles. The predicted octanol–water partition coefficient (Wildman–Crippen LogP) is 2.94. The molecular formula is C17H23ClF2N2O2. The van der Waals surface area contributed by atoms with Crippen molar-refractivity contribution in [2.45, 2.75) is 38.6 Å². The molecule has 2 unspecified atom stereocenters. The number of Topliss-reactive ketones (excluding diaryl/α,β-unsaturated/α-hetero) is 1. The van der Waals surface area contributed by atoms with Crippen LogP contribution in [0.1, 0.15) is 43.0 Å². The second kappa shape index (κ2) is 9.08. The van der Waals surface area contributed by atoms with Gasteiger partial charge < -0.3 is 10.6 Å². The Hall–Kier alpha value is -1.53. The topological polar surface area (TPSA) is 63.4 Å². The van der Waals surface area contributed by atoms with Gasteiger partial charge in [-0.25, -0.2) is 8.78 Å². The Morgan fingerprint density at radius 2 is 2.04 bits per heavy atom. The number of hydrogen-bond acceptors (Lipinski definition) is 3. The fourth-order valence-electron chi connectivity index (χ4n) is 2.89. The molecule has 0 radical (unpaired) electrons. The number of amides is 1. The Labute approximate surface area is 146 Å². The van der Waals surface area contributed by atoms with E-state index in [4.69, 9.17) is 5.73 Å². The number of carbonyl (C=O) groups is 2. The lowest BCUT2D eigenvalue weighted by molar-refractivity contribution is -0.133. The maximum Gasteiger partial charge on any atom is 0.223 e. The lowest BCUT2D eigenvalue weighted by Crippen LogP contribution is -2.45. The number of hydrogen-bond donors (Lipinski definition) is 1. The maximum absolute atomic E-state index is 13.5.